The standard InChI is InChI=1S/C27H36N2O2/c1-22-10-5-8-19-29(22)20-9-21-31-25-15-13-24(14-16-25)28-26(30)27(17-6-7-18-27)23-11-3-2-4-12-23/h2-4,11-16,22H,5-10,17-21H2,1H3,(H,28,30)/t22-/m0/s1. The molecule has 1 aliphatic carbocycles. The van der Waals surface area contributed by atoms with E-state index in [0.717, 1.165) is 62.3 Å². The number of piperidine rings is 1. The molecule has 2 fully saturated rings. The van der Waals surface area contributed by atoms with Crippen LogP contribution in [0.3, 0.4) is 0 Å². The van der Waals surface area contributed by atoms with Gasteiger partial charge in [0.15, 0.2) is 0 Å². The van der Waals surface area contributed by atoms with E-state index in [0.29, 0.717) is 6.04 Å². The van der Waals surface area contributed by atoms with Gasteiger partial charge in [0.2, 0.25) is 5.91 Å². The zero-order valence-corrected chi connectivity index (χ0v) is 18.8. The third-order valence-electron chi connectivity index (χ3n) is 7.13. The van der Waals surface area contributed by atoms with E-state index in [4.69, 9.17) is 4.74 Å². The zero-order valence-electron chi connectivity index (χ0n) is 18.8. The number of hydrogen-bond acceptors (Lipinski definition) is 3. The highest BCUT2D eigenvalue weighted by Gasteiger charge is 2.42. The second-order valence-corrected chi connectivity index (χ2v) is 9.22. The van der Waals surface area contributed by atoms with Crippen molar-refractivity contribution in [3.8, 4) is 5.75 Å². The van der Waals surface area contributed by atoms with Crippen LogP contribution in [0.4, 0.5) is 5.69 Å². The van der Waals surface area contributed by atoms with E-state index in [2.05, 4.69) is 29.3 Å². The summed E-state index contributed by atoms with van der Waals surface area (Å²) >= 11 is 0. The van der Waals surface area contributed by atoms with E-state index < -0.39 is 5.41 Å². The second kappa shape index (κ2) is 10.3. The van der Waals surface area contributed by atoms with Crippen LogP contribution < -0.4 is 10.1 Å². The predicted octanol–water partition coefficient (Wildman–Crippen LogP) is 5.78. The van der Waals surface area contributed by atoms with Crippen LogP contribution >= 0.6 is 0 Å². The van der Waals surface area contributed by atoms with Crippen LogP contribution in [0, 0.1) is 0 Å². The smallest absolute Gasteiger partial charge is 0.235 e. The van der Waals surface area contributed by atoms with Crippen molar-refractivity contribution in [1.82, 2.24) is 4.90 Å². The zero-order chi connectivity index (χ0) is 21.5. The van der Waals surface area contributed by atoms with Gasteiger partial charge in [-0.3, -0.25) is 4.79 Å². The van der Waals surface area contributed by atoms with Crippen molar-refractivity contribution in [2.45, 2.75) is 69.7 Å². The number of nitrogens with zero attached hydrogens (tertiary/aromatic N) is 1. The van der Waals surface area contributed by atoms with Crippen molar-refractivity contribution in [3.05, 3.63) is 60.2 Å². The lowest BCUT2D eigenvalue weighted by atomic mass is 9.78. The van der Waals surface area contributed by atoms with E-state index in [1.54, 1.807) is 0 Å². The van der Waals surface area contributed by atoms with Gasteiger partial charge < -0.3 is 15.0 Å². The quantitative estimate of drug-likeness (QED) is 0.550. The number of likely N-dealkylation sites (tertiary alicyclic amines) is 1. The molecule has 31 heavy (non-hydrogen) atoms. The van der Waals surface area contributed by atoms with Crippen molar-refractivity contribution in [1.29, 1.82) is 0 Å². The molecule has 1 aliphatic heterocycles. The Labute approximate surface area is 187 Å². The fourth-order valence-electron chi connectivity index (χ4n) is 5.22. The molecule has 0 aromatic heterocycles. The Morgan fingerprint density at radius 3 is 2.48 bits per heavy atom. The number of ether oxygens (including phenoxy) is 1. The first-order valence-electron chi connectivity index (χ1n) is 12.0. The van der Waals surface area contributed by atoms with Gasteiger partial charge in [-0.05, 0) is 75.4 Å². The van der Waals surface area contributed by atoms with E-state index in [1.807, 2.05) is 42.5 Å². The molecular weight excluding hydrogens is 384 g/mol. The summed E-state index contributed by atoms with van der Waals surface area (Å²) in [6.45, 7) is 5.39. The minimum absolute atomic E-state index is 0.112. The van der Waals surface area contributed by atoms with Gasteiger partial charge in [-0.25, -0.2) is 0 Å². The molecule has 0 radical (unpaired) electrons. The van der Waals surface area contributed by atoms with Crippen LogP contribution in [0.5, 0.6) is 5.75 Å². The number of anilines is 1. The topological polar surface area (TPSA) is 41.6 Å². The first-order chi connectivity index (χ1) is 15.2. The van der Waals surface area contributed by atoms with Crippen molar-refractivity contribution >= 4 is 11.6 Å². The molecule has 0 unspecified atom stereocenters. The number of rotatable bonds is 8. The minimum atomic E-state index is -0.401. The molecule has 4 rings (SSSR count). The number of carbonyl (C=O) groups is 1. The molecule has 1 saturated heterocycles. The lowest BCUT2D eigenvalue weighted by Gasteiger charge is -2.33. The number of carbonyl (C=O) groups excluding carboxylic acids is 1. The van der Waals surface area contributed by atoms with Gasteiger partial charge in [0.05, 0.1) is 12.0 Å². The van der Waals surface area contributed by atoms with E-state index in [-0.39, 0.29) is 5.91 Å². The third kappa shape index (κ3) is 5.30. The summed E-state index contributed by atoms with van der Waals surface area (Å²) in [4.78, 5) is 15.8. The highest BCUT2D eigenvalue weighted by Crippen LogP contribution is 2.42. The maximum absolute atomic E-state index is 13.3. The van der Waals surface area contributed by atoms with Crippen LogP contribution in [-0.2, 0) is 10.2 Å². The molecular formula is C27H36N2O2. The Morgan fingerprint density at radius 2 is 1.77 bits per heavy atom. The molecule has 0 bridgehead atoms. The molecule has 2 aromatic rings. The van der Waals surface area contributed by atoms with Gasteiger partial charge >= 0.3 is 0 Å². The molecule has 4 nitrogen and oxygen atoms in total. The molecule has 1 saturated carbocycles. The predicted molar refractivity (Wildman–Crippen MR) is 127 cm³/mol. The maximum Gasteiger partial charge on any atom is 0.235 e. The summed E-state index contributed by atoms with van der Waals surface area (Å²) in [6, 6.07) is 18.8. The summed E-state index contributed by atoms with van der Waals surface area (Å²) in [5.41, 5.74) is 1.57. The summed E-state index contributed by atoms with van der Waals surface area (Å²) in [6.07, 6.45) is 9.09. The molecule has 1 N–H and O–H groups in total. The summed E-state index contributed by atoms with van der Waals surface area (Å²) in [5.74, 6) is 0.976. The highest BCUT2D eigenvalue weighted by molar-refractivity contribution is 5.99. The summed E-state index contributed by atoms with van der Waals surface area (Å²) in [5, 5.41) is 3.16. The van der Waals surface area contributed by atoms with Crippen LogP contribution in [0.2, 0.25) is 0 Å². The van der Waals surface area contributed by atoms with Gasteiger partial charge in [-0.15, -0.1) is 0 Å². The third-order valence-corrected chi connectivity index (χ3v) is 7.13. The minimum Gasteiger partial charge on any atom is -0.494 e. The first kappa shape index (κ1) is 21.9. The fraction of sp³-hybridized carbons (Fsp3) is 0.519. The monoisotopic (exact) mass is 420 g/mol. The van der Waals surface area contributed by atoms with E-state index in [1.165, 1.54) is 25.8 Å². The largest absolute Gasteiger partial charge is 0.494 e. The molecule has 4 heteroatoms. The van der Waals surface area contributed by atoms with Gasteiger partial charge in [0.1, 0.15) is 5.75 Å². The van der Waals surface area contributed by atoms with Gasteiger partial charge in [-0.1, -0.05) is 49.6 Å². The van der Waals surface area contributed by atoms with Crippen molar-refractivity contribution < 1.29 is 9.53 Å². The number of benzene rings is 2. The molecule has 0 spiro atoms. The summed E-state index contributed by atoms with van der Waals surface area (Å²) in [7, 11) is 0. The molecule has 2 aliphatic rings. The number of hydrogen-bond donors (Lipinski definition) is 1. The lowest BCUT2D eigenvalue weighted by Crippen LogP contribution is -2.38. The SMILES string of the molecule is C[C@H]1CCCCN1CCCOc1ccc(NC(=O)C2(c3ccccc3)CCCC2)cc1. The van der Waals surface area contributed by atoms with E-state index in [9.17, 15) is 4.79 Å². The molecule has 1 heterocycles. The Bertz CT molecular complexity index is 828. The number of nitrogens with one attached hydrogen (secondary N) is 1. The summed E-state index contributed by atoms with van der Waals surface area (Å²) < 4.78 is 5.94. The normalized spacial score (nSPS) is 21.0. The Kier molecular flexibility index (Phi) is 7.29. The van der Waals surface area contributed by atoms with Crippen molar-refractivity contribution in [3.63, 3.8) is 0 Å². The Hall–Kier alpha value is -2.33. The van der Waals surface area contributed by atoms with Gasteiger partial charge in [0.25, 0.3) is 0 Å². The van der Waals surface area contributed by atoms with Crippen molar-refractivity contribution in [2.24, 2.45) is 0 Å². The second-order valence-electron chi connectivity index (χ2n) is 9.22. The molecule has 2 aromatic carbocycles. The van der Waals surface area contributed by atoms with Crippen molar-refractivity contribution in [2.75, 3.05) is 25.0 Å². The molecule has 1 atom stereocenters. The fourth-order valence-corrected chi connectivity index (χ4v) is 5.22. The van der Waals surface area contributed by atoms with Crippen LogP contribution in [-0.4, -0.2) is 36.5 Å². The van der Waals surface area contributed by atoms with Gasteiger partial charge in [-0.2, -0.15) is 0 Å². The maximum atomic E-state index is 13.3. The number of amides is 1. The highest BCUT2D eigenvalue weighted by atomic mass is 16.5. The Balaban J connectivity index is 1.28. The van der Waals surface area contributed by atoms with E-state index >= 15 is 0 Å². The van der Waals surface area contributed by atoms with Crippen LogP contribution in [0.1, 0.15) is 63.9 Å². The average Bonchev–Trinajstić information content (AvgIpc) is 3.31. The average molecular weight is 421 g/mol. The van der Waals surface area contributed by atoms with Crippen LogP contribution in [0.25, 0.3) is 0 Å². The lowest BCUT2D eigenvalue weighted by molar-refractivity contribution is -0.121. The Morgan fingerprint density at radius 1 is 1.03 bits per heavy atom. The molecule has 166 valence electrons. The molecule has 1 amide bonds. The van der Waals surface area contributed by atoms with Crippen LogP contribution in [0.15, 0.2) is 54.6 Å². The van der Waals surface area contributed by atoms with Gasteiger partial charge in [0, 0.05) is 18.3 Å². The first-order valence-corrected chi connectivity index (χ1v) is 12.0.